The minimum atomic E-state index is -2.41. The van der Waals surface area contributed by atoms with Gasteiger partial charge in [-0.15, -0.1) is 0 Å². The third kappa shape index (κ3) is 20.1. The van der Waals surface area contributed by atoms with Gasteiger partial charge in [-0.25, -0.2) is 0 Å². The van der Waals surface area contributed by atoms with Crippen molar-refractivity contribution in [2.75, 3.05) is 0 Å². The maximum atomic E-state index is 10.2. The topological polar surface area (TPSA) is 0 Å². The molecule has 0 aromatic heterocycles. The summed E-state index contributed by atoms with van der Waals surface area (Å²) in [7, 11) is 0. The van der Waals surface area contributed by atoms with E-state index in [1.807, 2.05) is 0 Å². The Hall–Kier alpha value is 0.754. The molecule has 0 aromatic rings. The molecule has 0 spiro atoms. The summed E-state index contributed by atoms with van der Waals surface area (Å²) in [6.07, 6.45) is -2.30. The molecule has 0 amide bonds. The van der Waals surface area contributed by atoms with Crippen LogP contribution in [0.5, 0.6) is 0 Å². The molecule has 0 saturated heterocycles. The average molecular weight is 267 g/mol. The minimum absolute atomic E-state index is 0. The average Bonchev–Trinajstić information content (AvgIpc) is 1.38. The molecule has 0 aliphatic carbocycles. The van der Waals surface area contributed by atoms with Gasteiger partial charge in [-0.05, 0) is 0 Å². The van der Waals surface area contributed by atoms with Gasteiger partial charge in [-0.2, -0.15) is 13.2 Å². The van der Waals surface area contributed by atoms with Crippen molar-refractivity contribution in [2.45, 2.75) is 0 Å². The van der Waals surface area contributed by atoms with E-state index >= 15 is 0 Å². The first kappa shape index (κ1) is 15.7. The van der Waals surface area contributed by atoms with Crippen molar-refractivity contribution in [2.24, 2.45) is 0 Å². The zero-order chi connectivity index (χ0) is 4.28. The van der Waals surface area contributed by atoms with Gasteiger partial charge < -0.3 is 24.0 Å². The van der Waals surface area contributed by atoms with E-state index in [4.69, 9.17) is 0 Å². The summed E-state index contributed by atoms with van der Waals surface area (Å²) in [5.41, 5.74) is 0. The molecule has 0 unspecified atom stereocenters. The molecule has 47 valence electrons. The standard InChI is InChI=1S/C2F3.HI.Ni/c3-1-2(4)5;;/h;1H;/p-1. The van der Waals surface area contributed by atoms with Crippen LogP contribution < -0.4 is 24.0 Å². The molecule has 0 aliphatic heterocycles. The van der Waals surface area contributed by atoms with Crippen molar-refractivity contribution in [1.82, 2.24) is 0 Å². The van der Waals surface area contributed by atoms with Crippen LogP contribution in [0, 0.1) is 6.33 Å². The molecule has 0 bridgehead atoms. The molecule has 5 heteroatoms. The molecule has 0 atom stereocenters. The Morgan fingerprint density at radius 2 is 1.43 bits per heavy atom. The van der Waals surface area contributed by atoms with E-state index in [0.29, 0.717) is 0 Å². The van der Waals surface area contributed by atoms with E-state index < -0.39 is 6.08 Å². The third-order valence-electron chi connectivity index (χ3n) is 0.0714. The molecular weight excluding hydrogens is 267 g/mol. The normalized spacial score (nSPS) is 5.00. The summed E-state index contributed by atoms with van der Waals surface area (Å²) in [4.78, 5) is 0. The Kier molecular flexibility index (Phi) is 22.1. The van der Waals surface area contributed by atoms with Crippen molar-refractivity contribution in [3.8, 4) is 0 Å². The minimum Gasteiger partial charge on any atom is -1.00 e. The van der Waals surface area contributed by atoms with Crippen LogP contribution in [0.15, 0.2) is 6.08 Å². The van der Waals surface area contributed by atoms with Crippen molar-refractivity contribution in [3.63, 3.8) is 0 Å². The van der Waals surface area contributed by atoms with Crippen LogP contribution in [0.2, 0.25) is 0 Å². The van der Waals surface area contributed by atoms with Gasteiger partial charge in [0.15, 0.2) is 0 Å². The van der Waals surface area contributed by atoms with Crippen LogP contribution in [0.1, 0.15) is 0 Å². The Bertz CT molecular complexity index is 50.9. The van der Waals surface area contributed by atoms with Gasteiger partial charge >= 0.3 is 6.08 Å². The molecule has 0 saturated carbocycles. The molecule has 1 radical (unpaired) electrons. The summed E-state index contributed by atoms with van der Waals surface area (Å²) in [6, 6.07) is 0. The zero-order valence-electron chi connectivity index (χ0n) is 2.83. The van der Waals surface area contributed by atoms with Gasteiger partial charge in [-0.3, -0.25) is 0 Å². The number of hydrogen-bond donors (Lipinski definition) is 0. The molecular formula is C2F3INi-. The summed E-state index contributed by atoms with van der Waals surface area (Å²) in [5.74, 6) is 0. The molecule has 0 aromatic carbocycles. The fourth-order valence-corrected chi connectivity index (χ4v) is 0. The van der Waals surface area contributed by atoms with E-state index in [1.54, 1.807) is 0 Å². The first-order valence-electron chi connectivity index (χ1n) is 0.817. The van der Waals surface area contributed by atoms with Gasteiger partial charge in [0.25, 0.3) is 0 Å². The molecule has 0 nitrogen and oxygen atoms in total. The third-order valence-corrected chi connectivity index (χ3v) is 0.0714. The van der Waals surface area contributed by atoms with E-state index in [-0.39, 0.29) is 46.8 Å². The molecule has 0 fully saturated rings. The first-order valence-corrected chi connectivity index (χ1v) is 0.817. The van der Waals surface area contributed by atoms with Crippen molar-refractivity contribution in [3.05, 3.63) is 12.4 Å². The molecule has 0 rings (SSSR count). The summed E-state index contributed by atoms with van der Waals surface area (Å²) in [5, 5.41) is 0. The molecule has 0 aliphatic rings. The predicted octanol–water partition coefficient (Wildman–Crippen LogP) is -1.50. The van der Waals surface area contributed by atoms with Crippen LogP contribution in [0.4, 0.5) is 13.2 Å². The second-order valence-electron chi connectivity index (χ2n) is 0.355. The monoisotopic (exact) mass is 266 g/mol. The van der Waals surface area contributed by atoms with E-state index in [0.717, 1.165) is 0 Å². The molecule has 0 N–H and O–H groups in total. The van der Waals surface area contributed by atoms with Crippen molar-refractivity contribution in [1.29, 1.82) is 0 Å². The fourth-order valence-electron chi connectivity index (χ4n) is 0. The Balaban J connectivity index is -0.0000000800. The van der Waals surface area contributed by atoms with Crippen LogP contribution in [0.3, 0.4) is 0 Å². The fraction of sp³-hybridized carbons (Fsp3) is 0. The first-order chi connectivity index (χ1) is 2.27. The SMILES string of the molecule is F[C]=C(F)F.[I-].[Ni]. The van der Waals surface area contributed by atoms with Gasteiger partial charge in [0.1, 0.15) is 0 Å². The van der Waals surface area contributed by atoms with E-state index in [2.05, 4.69) is 0 Å². The quantitative estimate of drug-likeness (QED) is 0.370. The smallest absolute Gasteiger partial charge is 0.308 e. The van der Waals surface area contributed by atoms with Crippen LogP contribution in [-0.2, 0) is 16.5 Å². The van der Waals surface area contributed by atoms with E-state index in [1.165, 1.54) is 0 Å². The Labute approximate surface area is 66.1 Å². The molecule has 0 heterocycles. The van der Waals surface area contributed by atoms with Gasteiger partial charge in [-0.1, -0.05) is 0 Å². The number of hydrogen-bond acceptors (Lipinski definition) is 0. The van der Waals surface area contributed by atoms with Gasteiger partial charge in [0.2, 0.25) is 6.33 Å². The predicted molar refractivity (Wildman–Crippen MR) is 10.1 cm³/mol. The van der Waals surface area contributed by atoms with Crippen LogP contribution in [-0.4, -0.2) is 0 Å². The summed E-state index contributed by atoms with van der Waals surface area (Å²) < 4.78 is 30.5. The Morgan fingerprint density at radius 3 is 1.43 bits per heavy atom. The largest absolute Gasteiger partial charge is 1.00 e. The van der Waals surface area contributed by atoms with Crippen LogP contribution >= 0.6 is 0 Å². The maximum absolute atomic E-state index is 10.2. The second kappa shape index (κ2) is 9.89. The number of rotatable bonds is 0. The zero-order valence-corrected chi connectivity index (χ0v) is 5.97. The van der Waals surface area contributed by atoms with Gasteiger partial charge in [0, 0.05) is 16.5 Å². The molecule has 7 heavy (non-hydrogen) atoms. The van der Waals surface area contributed by atoms with Crippen molar-refractivity contribution < 1.29 is 53.6 Å². The summed E-state index contributed by atoms with van der Waals surface area (Å²) >= 11 is 0. The Morgan fingerprint density at radius 1 is 1.29 bits per heavy atom. The van der Waals surface area contributed by atoms with E-state index in [9.17, 15) is 13.2 Å². The summed E-state index contributed by atoms with van der Waals surface area (Å²) in [6.45, 7) is 0. The van der Waals surface area contributed by atoms with Crippen LogP contribution in [0.25, 0.3) is 0 Å². The van der Waals surface area contributed by atoms with Crippen molar-refractivity contribution >= 4 is 0 Å². The second-order valence-corrected chi connectivity index (χ2v) is 0.355. The van der Waals surface area contributed by atoms with Gasteiger partial charge in [0.05, 0.1) is 0 Å². The maximum Gasteiger partial charge on any atom is 0.308 e. The number of halogens is 4.